The first-order valence-corrected chi connectivity index (χ1v) is 9.41. The fourth-order valence-corrected chi connectivity index (χ4v) is 2.42. The number of hydrogen-bond acceptors (Lipinski definition) is 3. The first-order chi connectivity index (χ1) is 13.1. The van der Waals surface area contributed by atoms with Crippen LogP contribution in [0.4, 0.5) is 4.39 Å². The maximum absolute atomic E-state index is 13.0. The minimum atomic E-state index is -0.250. The quantitative estimate of drug-likeness (QED) is 0.381. The summed E-state index contributed by atoms with van der Waals surface area (Å²) in [6, 6.07) is 8.24. The van der Waals surface area contributed by atoms with Crippen molar-refractivity contribution in [3.63, 3.8) is 0 Å². The lowest BCUT2D eigenvalue weighted by Gasteiger charge is -2.12. The predicted molar refractivity (Wildman–Crippen MR) is 107 cm³/mol. The molecule has 7 heteroatoms. The van der Waals surface area contributed by atoms with Crippen molar-refractivity contribution in [2.75, 3.05) is 33.4 Å². The molecular weight excluding hydrogens is 345 g/mol. The van der Waals surface area contributed by atoms with Crippen molar-refractivity contribution in [3.8, 4) is 5.69 Å². The summed E-state index contributed by atoms with van der Waals surface area (Å²) >= 11 is 0. The Hall–Kier alpha value is -2.41. The summed E-state index contributed by atoms with van der Waals surface area (Å²) in [6.45, 7) is 7.27. The number of hydrogen-bond donors (Lipinski definition) is 2. The van der Waals surface area contributed by atoms with E-state index in [1.807, 2.05) is 12.3 Å². The van der Waals surface area contributed by atoms with Crippen LogP contribution in [0.15, 0.2) is 41.5 Å². The molecule has 2 N–H and O–H groups in total. The number of halogens is 1. The Bertz CT molecular complexity index is 697. The van der Waals surface area contributed by atoms with Crippen LogP contribution in [0.25, 0.3) is 5.69 Å². The molecule has 0 bridgehead atoms. The maximum atomic E-state index is 13.0. The highest BCUT2D eigenvalue weighted by molar-refractivity contribution is 5.79. The first-order valence-electron chi connectivity index (χ1n) is 9.41. The second kappa shape index (κ2) is 11.3. The van der Waals surface area contributed by atoms with Gasteiger partial charge in [-0.1, -0.05) is 13.8 Å². The van der Waals surface area contributed by atoms with Gasteiger partial charge in [0.25, 0.3) is 0 Å². The van der Waals surface area contributed by atoms with Crippen LogP contribution < -0.4 is 10.6 Å². The van der Waals surface area contributed by atoms with Crippen molar-refractivity contribution in [2.45, 2.75) is 26.7 Å². The molecule has 0 aliphatic carbocycles. The van der Waals surface area contributed by atoms with E-state index >= 15 is 0 Å². The van der Waals surface area contributed by atoms with E-state index in [2.05, 4.69) is 34.6 Å². The third-order valence-corrected chi connectivity index (χ3v) is 4.01. The Morgan fingerprint density at radius 1 is 1.15 bits per heavy atom. The van der Waals surface area contributed by atoms with Crippen LogP contribution >= 0.6 is 0 Å². The Morgan fingerprint density at radius 2 is 1.89 bits per heavy atom. The molecule has 6 nitrogen and oxygen atoms in total. The van der Waals surface area contributed by atoms with E-state index < -0.39 is 0 Å². The Kier molecular flexibility index (Phi) is 8.77. The number of aromatic nitrogens is 2. The molecule has 1 aromatic carbocycles. The zero-order chi connectivity index (χ0) is 19.5. The van der Waals surface area contributed by atoms with Crippen LogP contribution in [-0.2, 0) is 11.2 Å². The topological polar surface area (TPSA) is 63.5 Å². The molecule has 2 aromatic rings. The van der Waals surface area contributed by atoms with Crippen LogP contribution in [0.5, 0.6) is 0 Å². The van der Waals surface area contributed by atoms with E-state index in [4.69, 9.17) is 4.74 Å². The lowest BCUT2D eigenvalue weighted by Crippen LogP contribution is -2.39. The van der Waals surface area contributed by atoms with Gasteiger partial charge in [-0.2, -0.15) is 5.10 Å². The SMILES string of the molecule is CN=C(NCCOCCC(C)C)NCCc1ccn(-c2ccc(F)cc2)n1. The third-order valence-electron chi connectivity index (χ3n) is 4.01. The molecular formula is C20H30FN5O. The Balaban J connectivity index is 1.66. The van der Waals surface area contributed by atoms with Gasteiger partial charge in [0.05, 0.1) is 18.0 Å². The monoisotopic (exact) mass is 375 g/mol. The van der Waals surface area contributed by atoms with Crippen molar-refractivity contribution in [1.82, 2.24) is 20.4 Å². The van der Waals surface area contributed by atoms with E-state index in [9.17, 15) is 4.39 Å². The van der Waals surface area contributed by atoms with Crippen LogP contribution in [0, 0.1) is 11.7 Å². The molecule has 0 aliphatic rings. The molecule has 0 aliphatic heterocycles. The van der Waals surface area contributed by atoms with Gasteiger partial charge in [-0.05, 0) is 42.7 Å². The number of guanidine groups is 1. The van der Waals surface area contributed by atoms with E-state index in [0.29, 0.717) is 19.1 Å². The first kappa shape index (κ1) is 20.9. The Morgan fingerprint density at radius 3 is 2.59 bits per heavy atom. The third kappa shape index (κ3) is 7.78. The molecule has 1 heterocycles. The summed E-state index contributed by atoms with van der Waals surface area (Å²) in [5.74, 6) is 1.17. The van der Waals surface area contributed by atoms with Gasteiger partial charge in [-0.25, -0.2) is 9.07 Å². The Labute approximate surface area is 160 Å². The zero-order valence-electron chi connectivity index (χ0n) is 16.4. The molecule has 0 saturated heterocycles. The molecule has 0 spiro atoms. The highest BCUT2D eigenvalue weighted by Gasteiger charge is 2.03. The van der Waals surface area contributed by atoms with Crippen LogP contribution in [0.3, 0.4) is 0 Å². The molecule has 0 amide bonds. The number of nitrogens with one attached hydrogen (secondary N) is 2. The fraction of sp³-hybridized carbons (Fsp3) is 0.500. The molecule has 0 atom stereocenters. The average molecular weight is 375 g/mol. The van der Waals surface area contributed by atoms with E-state index in [0.717, 1.165) is 43.3 Å². The van der Waals surface area contributed by atoms with E-state index in [1.165, 1.54) is 12.1 Å². The van der Waals surface area contributed by atoms with Crippen molar-refractivity contribution >= 4 is 5.96 Å². The van der Waals surface area contributed by atoms with Gasteiger partial charge >= 0.3 is 0 Å². The summed E-state index contributed by atoms with van der Waals surface area (Å²) in [5.41, 5.74) is 1.80. The number of rotatable bonds is 10. The lowest BCUT2D eigenvalue weighted by atomic mass is 10.1. The second-order valence-electron chi connectivity index (χ2n) is 6.70. The normalized spacial score (nSPS) is 11.8. The summed E-state index contributed by atoms with van der Waals surface area (Å²) in [6.07, 6.45) is 3.72. The molecule has 2 rings (SSSR count). The van der Waals surface area contributed by atoms with Crippen LogP contribution in [0.2, 0.25) is 0 Å². The van der Waals surface area contributed by atoms with Crippen molar-refractivity contribution in [2.24, 2.45) is 10.9 Å². The number of nitrogens with zero attached hydrogens (tertiary/aromatic N) is 3. The van der Waals surface area contributed by atoms with E-state index in [-0.39, 0.29) is 5.82 Å². The van der Waals surface area contributed by atoms with Gasteiger partial charge in [0, 0.05) is 39.4 Å². The fourth-order valence-electron chi connectivity index (χ4n) is 2.42. The molecule has 0 saturated carbocycles. The standard InChI is InChI=1S/C20H30FN5O/c1-16(2)10-14-27-15-12-24-20(22-3)23-11-8-18-9-13-26(25-18)19-6-4-17(21)5-7-19/h4-7,9,13,16H,8,10-12,14-15H2,1-3H3,(H2,22,23,24). The van der Waals surface area contributed by atoms with Crippen molar-refractivity contribution < 1.29 is 9.13 Å². The highest BCUT2D eigenvalue weighted by Crippen LogP contribution is 2.09. The summed E-state index contributed by atoms with van der Waals surface area (Å²) in [7, 11) is 1.75. The van der Waals surface area contributed by atoms with Crippen molar-refractivity contribution in [3.05, 3.63) is 48.0 Å². The summed E-state index contributed by atoms with van der Waals surface area (Å²) in [4.78, 5) is 4.20. The second-order valence-corrected chi connectivity index (χ2v) is 6.70. The smallest absolute Gasteiger partial charge is 0.191 e. The van der Waals surface area contributed by atoms with E-state index in [1.54, 1.807) is 23.9 Å². The number of ether oxygens (including phenoxy) is 1. The largest absolute Gasteiger partial charge is 0.380 e. The molecule has 0 unspecified atom stereocenters. The van der Waals surface area contributed by atoms with Gasteiger partial charge in [0.2, 0.25) is 0 Å². The summed E-state index contributed by atoms with van der Waals surface area (Å²) < 4.78 is 20.3. The predicted octanol–water partition coefficient (Wildman–Crippen LogP) is 2.78. The van der Waals surface area contributed by atoms with Gasteiger partial charge in [0.1, 0.15) is 5.82 Å². The van der Waals surface area contributed by atoms with Gasteiger partial charge in [0.15, 0.2) is 5.96 Å². The van der Waals surface area contributed by atoms with Gasteiger partial charge < -0.3 is 15.4 Å². The molecule has 1 aromatic heterocycles. The van der Waals surface area contributed by atoms with Gasteiger partial charge in [-0.3, -0.25) is 4.99 Å². The van der Waals surface area contributed by atoms with Crippen LogP contribution in [0.1, 0.15) is 26.0 Å². The van der Waals surface area contributed by atoms with Gasteiger partial charge in [-0.15, -0.1) is 0 Å². The lowest BCUT2D eigenvalue weighted by molar-refractivity contribution is 0.128. The minimum Gasteiger partial charge on any atom is -0.380 e. The number of benzene rings is 1. The summed E-state index contributed by atoms with van der Waals surface area (Å²) in [5, 5.41) is 11.0. The number of aliphatic imine (C=N–C) groups is 1. The highest BCUT2D eigenvalue weighted by atomic mass is 19.1. The maximum Gasteiger partial charge on any atom is 0.191 e. The molecule has 0 radical (unpaired) electrons. The molecule has 27 heavy (non-hydrogen) atoms. The molecule has 0 fully saturated rings. The van der Waals surface area contributed by atoms with Crippen molar-refractivity contribution in [1.29, 1.82) is 0 Å². The molecule has 148 valence electrons. The average Bonchev–Trinajstić information content (AvgIpc) is 3.12. The van der Waals surface area contributed by atoms with Crippen LogP contribution in [-0.4, -0.2) is 49.1 Å². The minimum absolute atomic E-state index is 0.250. The zero-order valence-corrected chi connectivity index (χ0v) is 16.4.